The second-order valence-corrected chi connectivity index (χ2v) is 8.33. The Bertz CT molecular complexity index is 400. The fourth-order valence-electron chi connectivity index (χ4n) is 3.58. The summed E-state index contributed by atoms with van der Waals surface area (Å²) in [5.74, 6) is -0.117. The topological polar surface area (TPSA) is 44.8 Å². The molecule has 4 nitrogen and oxygen atoms in total. The van der Waals surface area contributed by atoms with Crippen molar-refractivity contribution >= 4 is 5.97 Å². The van der Waals surface area contributed by atoms with Crippen molar-refractivity contribution in [3.8, 4) is 0 Å². The van der Waals surface area contributed by atoms with Gasteiger partial charge in [0, 0.05) is 6.42 Å². The minimum atomic E-state index is -0.237. The van der Waals surface area contributed by atoms with Crippen molar-refractivity contribution < 1.29 is 19.0 Å². The van der Waals surface area contributed by atoms with E-state index in [-0.39, 0.29) is 18.4 Å². The number of rotatable bonds is 18. The van der Waals surface area contributed by atoms with Crippen molar-refractivity contribution in [3.63, 3.8) is 0 Å². The molecule has 4 heteroatoms. The Morgan fingerprint density at radius 1 is 0.793 bits per heavy atom. The van der Waals surface area contributed by atoms with E-state index in [1.807, 2.05) is 0 Å². The third-order valence-electron chi connectivity index (χ3n) is 5.40. The molecule has 1 heterocycles. The van der Waals surface area contributed by atoms with Gasteiger partial charge in [0.25, 0.3) is 0 Å². The molecule has 0 unspecified atom stereocenters. The van der Waals surface area contributed by atoms with E-state index in [1.54, 1.807) is 0 Å². The molecule has 0 aromatic heterocycles. The van der Waals surface area contributed by atoms with E-state index in [9.17, 15) is 4.79 Å². The molecule has 170 valence electrons. The summed E-state index contributed by atoms with van der Waals surface area (Å²) < 4.78 is 16.6. The Kier molecular flexibility index (Phi) is 17.2. The van der Waals surface area contributed by atoms with Crippen LogP contribution in [-0.2, 0) is 19.0 Å². The second-order valence-electron chi connectivity index (χ2n) is 8.33. The van der Waals surface area contributed by atoms with E-state index in [2.05, 4.69) is 26.0 Å². The van der Waals surface area contributed by atoms with E-state index in [4.69, 9.17) is 14.2 Å². The number of ether oxygens (including phenoxy) is 3. The summed E-state index contributed by atoms with van der Waals surface area (Å²) in [4.78, 5) is 11.9. The number of carbonyl (C=O) groups excluding carboxylic acids is 1. The van der Waals surface area contributed by atoms with Gasteiger partial charge in [0.15, 0.2) is 6.29 Å². The first kappa shape index (κ1) is 26.2. The molecule has 0 amide bonds. The molecular weight excluding hydrogens is 364 g/mol. The van der Waals surface area contributed by atoms with Gasteiger partial charge in [0.05, 0.1) is 13.2 Å². The average Bonchev–Trinajstić information content (AvgIpc) is 2.72. The lowest BCUT2D eigenvalue weighted by Crippen LogP contribution is -2.38. The van der Waals surface area contributed by atoms with Gasteiger partial charge < -0.3 is 14.2 Å². The van der Waals surface area contributed by atoms with Crippen LogP contribution < -0.4 is 0 Å². The van der Waals surface area contributed by atoms with Gasteiger partial charge in [-0.2, -0.15) is 0 Å². The Labute approximate surface area is 179 Å². The van der Waals surface area contributed by atoms with Crippen molar-refractivity contribution in [1.29, 1.82) is 0 Å². The number of hydrogen-bond donors (Lipinski definition) is 0. The van der Waals surface area contributed by atoms with Gasteiger partial charge in [-0.15, -0.1) is 0 Å². The molecular formula is C25H46O4. The van der Waals surface area contributed by atoms with Crippen molar-refractivity contribution in [2.24, 2.45) is 0 Å². The summed E-state index contributed by atoms with van der Waals surface area (Å²) in [5, 5.41) is 0. The summed E-state index contributed by atoms with van der Waals surface area (Å²) in [6, 6.07) is 0. The standard InChI is InChI=1S/C25H46O4/c1-3-5-6-7-8-9-10-11-12-13-14-15-16-17-18-20-24(26)29-23-21-27-25(19-4-2)28-22-23/h11-12,23,25H,3-10,13-22H2,1-2H3. The van der Waals surface area contributed by atoms with Crippen molar-refractivity contribution in [3.05, 3.63) is 12.2 Å². The average molecular weight is 411 g/mol. The lowest BCUT2D eigenvalue weighted by molar-refractivity contribution is -0.227. The van der Waals surface area contributed by atoms with E-state index in [1.165, 1.54) is 70.6 Å². The molecule has 0 saturated carbocycles. The predicted molar refractivity (Wildman–Crippen MR) is 120 cm³/mol. The first-order chi connectivity index (χ1) is 14.3. The molecule has 0 aromatic rings. The molecule has 0 aliphatic carbocycles. The molecule has 0 spiro atoms. The zero-order valence-corrected chi connectivity index (χ0v) is 19.2. The van der Waals surface area contributed by atoms with Crippen LogP contribution in [0.2, 0.25) is 0 Å². The summed E-state index contributed by atoms with van der Waals surface area (Å²) in [6.07, 6.45) is 23.2. The molecule has 1 aliphatic heterocycles. The highest BCUT2D eigenvalue weighted by atomic mass is 16.7. The number of esters is 1. The second kappa shape index (κ2) is 19.1. The molecule has 1 saturated heterocycles. The molecule has 0 atom stereocenters. The molecule has 1 aliphatic rings. The third-order valence-corrected chi connectivity index (χ3v) is 5.40. The van der Waals surface area contributed by atoms with Crippen molar-refractivity contribution in [2.45, 2.75) is 129 Å². The predicted octanol–water partition coefficient (Wildman–Crippen LogP) is 7.11. The van der Waals surface area contributed by atoms with Gasteiger partial charge in [0.1, 0.15) is 6.10 Å². The Morgan fingerprint density at radius 2 is 1.34 bits per heavy atom. The van der Waals surface area contributed by atoms with Gasteiger partial charge in [0.2, 0.25) is 0 Å². The maximum Gasteiger partial charge on any atom is 0.306 e. The summed E-state index contributed by atoms with van der Waals surface area (Å²) in [6.45, 7) is 5.29. The molecule has 0 bridgehead atoms. The number of carbonyl (C=O) groups is 1. The zero-order chi connectivity index (χ0) is 21.0. The van der Waals surface area contributed by atoms with Gasteiger partial charge in [-0.05, 0) is 38.5 Å². The quantitative estimate of drug-likeness (QED) is 0.137. The minimum absolute atomic E-state index is 0.117. The number of unbranched alkanes of at least 4 members (excludes halogenated alkanes) is 11. The summed E-state index contributed by atoms with van der Waals surface area (Å²) in [7, 11) is 0. The van der Waals surface area contributed by atoms with Crippen molar-refractivity contribution in [2.75, 3.05) is 13.2 Å². The van der Waals surface area contributed by atoms with Crippen LogP contribution in [0, 0.1) is 0 Å². The smallest absolute Gasteiger partial charge is 0.306 e. The lowest BCUT2D eigenvalue weighted by atomic mass is 10.1. The van der Waals surface area contributed by atoms with E-state index < -0.39 is 0 Å². The van der Waals surface area contributed by atoms with Crippen LogP contribution in [0.15, 0.2) is 12.2 Å². The first-order valence-corrected chi connectivity index (χ1v) is 12.3. The summed E-state index contributed by atoms with van der Waals surface area (Å²) in [5.41, 5.74) is 0. The highest BCUT2D eigenvalue weighted by Gasteiger charge is 2.24. The van der Waals surface area contributed by atoms with Crippen LogP contribution in [0.4, 0.5) is 0 Å². The third kappa shape index (κ3) is 15.6. The SMILES string of the molecule is CCCCCCCCC=CCCCCCCCC(=O)OC1COC(CCC)OC1. The molecule has 1 fully saturated rings. The first-order valence-electron chi connectivity index (χ1n) is 12.3. The van der Waals surface area contributed by atoms with Gasteiger partial charge in [-0.3, -0.25) is 4.79 Å². The van der Waals surface area contributed by atoms with Crippen LogP contribution in [0.1, 0.15) is 117 Å². The van der Waals surface area contributed by atoms with E-state index >= 15 is 0 Å². The lowest BCUT2D eigenvalue weighted by Gasteiger charge is -2.28. The zero-order valence-electron chi connectivity index (χ0n) is 19.2. The maximum atomic E-state index is 11.9. The minimum Gasteiger partial charge on any atom is -0.457 e. The maximum absolute atomic E-state index is 11.9. The Hall–Kier alpha value is -0.870. The molecule has 0 N–H and O–H groups in total. The van der Waals surface area contributed by atoms with Crippen molar-refractivity contribution in [1.82, 2.24) is 0 Å². The Balaban J connectivity index is 1.83. The normalized spacial score (nSPS) is 19.7. The largest absolute Gasteiger partial charge is 0.457 e. The highest BCUT2D eigenvalue weighted by Crippen LogP contribution is 2.14. The van der Waals surface area contributed by atoms with Crippen LogP contribution in [0.25, 0.3) is 0 Å². The number of hydrogen-bond acceptors (Lipinski definition) is 4. The summed E-state index contributed by atoms with van der Waals surface area (Å²) >= 11 is 0. The Morgan fingerprint density at radius 3 is 1.93 bits per heavy atom. The fourth-order valence-corrected chi connectivity index (χ4v) is 3.58. The van der Waals surface area contributed by atoms with Crippen LogP contribution in [0.3, 0.4) is 0 Å². The van der Waals surface area contributed by atoms with Gasteiger partial charge in [-0.25, -0.2) is 0 Å². The van der Waals surface area contributed by atoms with Gasteiger partial charge in [-0.1, -0.05) is 83.8 Å². The fraction of sp³-hybridized carbons (Fsp3) is 0.880. The number of allylic oxidation sites excluding steroid dienone is 2. The molecule has 1 rings (SSSR count). The molecule has 0 radical (unpaired) electrons. The van der Waals surface area contributed by atoms with Crippen LogP contribution in [0.5, 0.6) is 0 Å². The highest BCUT2D eigenvalue weighted by molar-refractivity contribution is 5.69. The van der Waals surface area contributed by atoms with E-state index in [0.717, 1.165) is 25.7 Å². The van der Waals surface area contributed by atoms with Gasteiger partial charge >= 0.3 is 5.97 Å². The molecule has 29 heavy (non-hydrogen) atoms. The van der Waals surface area contributed by atoms with Crippen LogP contribution >= 0.6 is 0 Å². The monoisotopic (exact) mass is 410 g/mol. The van der Waals surface area contributed by atoms with Crippen LogP contribution in [-0.4, -0.2) is 31.6 Å². The molecule has 0 aromatic carbocycles. The van der Waals surface area contributed by atoms with E-state index in [0.29, 0.717) is 19.6 Å².